The Bertz CT molecular complexity index is 1070. The summed E-state index contributed by atoms with van der Waals surface area (Å²) in [5.41, 5.74) is 1.35. The zero-order valence-electron chi connectivity index (χ0n) is 15.4. The van der Waals surface area contributed by atoms with Crippen molar-refractivity contribution in [3.05, 3.63) is 41.5 Å². The van der Waals surface area contributed by atoms with Crippen LogP contribution in [-0.4, -0.2) is 59.6 Å². The highest BCUT2D eigenvalue weighted by Gasteiger charge is 2.33. The number of amides is 2. The first-order valence-corrected chi connectivity index (χ1v) is 10.6. The standard InChI is InChI=1S/C19H20N2O7S/c22-16(23)6-2-9-20-15-8-7-14-17-12(15)4-1-5-13(17)18(24)21(19(14)25)10-3-11-29(26,27)28/h1,4-5,7-8,20H,2-3,6,9-11H2,(H,22,23)(H,26,27,28). The van der Waals surface area contributed by atoms with Gasteiger partial charge in [0.15, 0.2) is 0 Å². The number of benzene rings is 2. The number of rotatable bonds is 9. The first kappa shape index (κ1) is 20.7. The van der Waals surface area contributed by atoms with Crippen molar-refractivity contribution in [2.24, 2.45) is 0 Å². The number of nitrogens with zero attached hydrogens (tertiary/aromatic N) is 1. The Morgan fingerprint density at radius 2 is 1.72 bits per heavy atom. The number of aliphatic carboxylic acids is 1. The van der Waals surface area contributed by atoms with Crippen molar-refractivity contribution in [3.63, 3.8) is 0 Å². The van der Waals surface area contributed by atoms with Gasteiger partial charge in [-0.3, -0.25) is 23.8 Å². The molecule has 3 N–H and O–H groups in total. The molecule has 0 unspecified atom stereocenters. The Kier molecular flexibility index (Phi) is 5.85. The van der Waals surface area contributed by atoms with Gasteiger partial charge in [0, 0.05) is 47.1 Å². The van der Waals surface area contributed by atoms with E-state index >= 15 is 0 Å². The molecule has 0 bridgehead atoms. The van der Waals surface area contributed by atoms with Crippen LogP contribution < -0.4 is 5.32 Å². The summed E-state index contributed by atoms with van der Waals surface area (Å²) < 4.78 is 30.7. The molecule has 154 valence electrons. The summed E-state index contributed by atoms with van der Waals surface area (Å²) in [4.78, 5) is 37.3. The van der Waals surface area contributed by atoms with Crippen molar-refractivity contribution in [1.29, 1.82) is 0 Å². The molecule has 0 atom stereocenters. The topological polar surface area (TPSA) is 141 Å². The van der Waals surface area contributed by atoms with Crippen LogP contribution in [0.2, 0.25) is 0 Å². The van der Waals surface area contributed by atoms with Crippen LogP contribution in [0.4, 0.5) is 5.69 Å². The minimum atomic E-state index is -4.18. The Morgan fingerprint density at radius 3 is 2.38 bits per heavy atom. The van der Waals surface area contributed by atoms with E-state index in [0.29, 0.717) is 40.6 Å². The maximum absolute atomic E-state index is 12.8. The average Bonchev–Trinajstić information content (AvgIpc) is 2.65. The van der Waals surface area contributed by atoms with Gasteiger partial charge in [0.05, 0.1) is 5.75 Å². The molecular weight excluding hydrogens is 400 g/mol. The van der Waals surface area contributed by atoms with Gasteiger partial charge in [0.1, 0.15) is 0 Å². The lowest BCUT2D eigenvalue weighted by Gasteiger charge is -2.27. The van der Waals surface area contributed by atoms with Gasteiger partial charge in [-0.15, -0.1) is 0 Å². The van der Waals surface area contributed by atoms with Gasteiger partial charge in [-0.05, 0) is 31.0 Å². The fraction of sp³-hybridized carbons (Fsp3) is 0.316. The fourth-order valence-corrected chi connectivity index (χ4v) is 3.87. The first-order chi connectivity index (χ1) is 13.7. The largest absolute Gasteiger partial charge is 0.481 e. The summed E-state index contributed by atoms with van der Waals surface area (Å²) in [6.45, 7) is 0.303. The average molecular weight is 420 g/mol. The molecule has 1 aliphatic heterocycles. The molecule has 1 aliphatic rings. The summed E-state index contributed by atoms with van der Waals surface area (Å²) in [5, 5.41) is 13.1. The molecule has 9 nitrogen and oxygen atoms in total. The Hall–Kier alpha value is -2.98. The lowest BCUT2D eigenvalue weighted by Crippen LogP contribution is -2.41. The van der Waals surface area contributed by atoms with Gasteiger partial charge in [0.25, 0.3) is 21.9 Å². The molecule has 1 heterocycles. The van der Waals surface area contributed by atoms with Crippen LogP contribution in [0.15, 0.2) is 30.3 Å². The molecular formula is C19H20N2O7S. The molecule has 0 spiro atoms. The third-order valence-electron chi connectivity index (χ3n) is 4.66. The lowest BCUT2D eigenvalue weighted by molar-refractivity contribution is -0.137. The van der Waals surface area contributed by atoms with Crippen molar-refractivity contribution in [2.75, 3.05) is 24.2 Å². The monoisotopic (exact) mass is 420 g/mol. The third kappa shape index (κ3) is 4.54. The number of carbonyl (C=O) groups is 3. The summed E-state index contributed by atoms with van der Waals surface area (Å²) in [7, 11) is -4.18. The van der Waals surface area contributed by atoms with Crippen molar-refractivity contribution in [3.8, 4) is 0 Å². The normalized spacial score (nSPS) is 13.8. The number of carboxylic acids is 1. The van der Waals surface area contributed by atoms with Crippen LogP contribution >= 0.6 is 0 Å². The van der Waals surface area contributed by atoms with Crippen molar-refractivity contribution >= 4 is 44.4 Å². The number of hydrogen-bond donors (Lipinski definition) is 3. The van der Waals surface area contributed by atoms with Crippen LogP contribution in [-0.2, 0) is 14.9 Å². The number of hydrogen-bond acceptors (Lipinski definition) is 6. The molecule has 3 rings (SSSR count). The second-order valence-electron chi connectivity index (χ2n) is 6.71. The van der Waals surface area contributed by atoms with Crippen molar-refractivity contribution < 1.29 is 32.5 Å². The smallest absolute Gasteiger partial charge is 0.303 e. The predicted octanol–water partition coefficient (Wildman–Crippen LogP) is 1.99. The van der Waals surface area contributed by atoms with Gasteiger partial charge in [-0.25, -0.2) is 0 Å². The molecule has 2 aromatic carbocycles. The fourth-order valence-electron chi connectivity index (χ4n) is 3.37. The number of imide groups is 1. The zero-order valence-corrected chi connectivity index (χ0v) is 16.2. The van der Waals surface area contributed by atoms with Gasteiger partial charge in [0.2, 0.25) is 0 Å². The number of carbonyl (C=O) groups excluding carboxylic acids is 2. The second kappa shape index (κ2) is 8.18. The maximum Gasteiger partial charge on any atom is 0.303 e. The van der Waals surface area contributed by atoms with E-state index < -0.39 is 33.7 Å². The molecule has 0 aromatic heterocycles. The van der Waals surface area contributed by atoms with Gasteiger partial charge >= 0.3 is 5.97 Å². The van der Waals surface area contributed by atoms with Crippen LogP contribution in [0, 0.1) is 0 Å². The van der Waals surface area contributed by atoms with Crippen LogP contribution in [0.3, 0.4) is 0 Å². The first-order valence-electron chi connectivity index (χ1n) is 9.02. The number of carboxylic acid groups (broad SMARTS) is 1. The highest BCUT2D eigenvalue weighted by molar-refractivity contribution is 7.85. The molecule has 29 heavy (non-hydrogen) atoms. The summed E-state index contributed by atoms with van der Waals surface area (Å²) >= 11 is 0. The van der Waals surface area contributed by atoms with Crippen LogP contribution in [0.25, 0.3) is 10.8 Å². The summed E-state index contributed by atoms with van der Waals surface area (Å²) in [5.74, 6) is -2.47. The van der Waals surface area contributed by atoms with E-state index in [1.807, 2.05) is 0 Å². The summed E-state index contributed by atoms with van der Waals surface area (Å²) in [6, 6.07) is 8.36. The highest BCUT2D eigenvalue weighted by Crippen LogP contribution is 2.34. The van der Waals surface area contributed by atoms with Crippen LogP contribution in [0.1, 0.15) is 40.0 Å². The van der Waals surface area contributed by atoms with E-state index in [1.54, 1.807) is 30.3 Å². The number of anilines is 1. The van der Waals surface area contributed by atoms with Crippen molar-refractivity contribution in [1.82, 2.24) is 4.90 Å². The highest BCUT2D eigenvalue weighted by atomic mass is 32.2. The van der Waals surface area contributed by atoms with E-state index in [2.05, 4.69) is 5.32 Å². The maximum atomic E-state index is 12.8. The number of nitrogens with one attached hydrogen (secondary N) is 1. The quantitative estimate of drug-likeness (QED) is 0.318. The SMILES string of the molecule is O=C(O)CCCNc1ccc2c3c(cccc13)C(=O)N(CCCS(=O)(=O)O)C2=O. The summed E-state index contributed by atoms with van der Waals surface area (Å²) in [6.07, 6.45) is 0.395. The second-order valence-corrected chi connectivity index (χ2v) is 8.29. The molecule has 0 saturated carbocycles. The molecule has 10 heteroatoms. The van der Waals surface area contributed by atoms with E-state index in [-0.39, 0.29) is 19.4 Å². The predicted molar refractivity (Wildman–Crippen MR) is 106 cm³/mol. The van der Waals surface area contributed by atoms with Crippen molar-refractivity contribution in [2.45, 2.75) is 19.3 Å². The lowest BCUT2D eigenvalue weighted by atomic mass is 9.93. The minimum Gasteiger partial charge on any atom is -0.481 e. The molecule has 0 fully saturated rings. The molecule has 2 aromatic rings. The Balaban J connectivity index is 1.88. The molecule has 0 saturated heterocycles. The van der Waals surface area contributed by atoms with E-state index in [4.69, 9.17) is 9.66 Å². The Labute approximate surface area is 167 Å². The minimum absolute atomic E-state index is 0.0315. The van der Waals surface area contributed by atoms with Gasteiger partial charge in [-0.2, -0.15) is 8.42 Å². The molecule has 0 radical (unpaired) electrons. The van der Waals surface area contributed by atoms with Gasteiger partial charge < -0.3 is 10.4 Å². The molecule has 2 amide bonds. The Morgan fingerprint density at radius 1 is 1.03 bits per heavy atom. The van der Waals surface area contributed by atoms with E-state index in [0.717, 1.165) is 4.90 Å². The van der Waals surface area contributed by atoms with E-state index in [9.17, 15) is 22.8 Å². The van der Waals surface area contributed by atoms with Gasteiger partial charge in [-0.1, -0.05) is 12.1 Å². The van der Waals surface area contributed by atoms with E-state index in [1.165, 1.54) is 0 Å². The molecule has 0 aliphatic carbocycles. The van der Waals surface area contributed by atoms with Crippen LogP contribution in [0.5, 0.6) is 0 Å². The third-order valence-corrected chi connectivity index (χ3v) is 5.46. The zero-order chi connectivity index (χ0) is 21.2.